The molecule has 2 aromatic rings. The first kappa shape index (κ1) is 18.4. The van der Waals surface area contributed by atoms with Crippen molar-refractivity contribution in [2.75, 3.05) is 13.1 Å². The lowest BCUT2D eigenvalue weighted by Gasteiger charge is -2.33. The molecule has 1 aliphatic heterocycles. The Morgan fingerprint density at radius 2 is 1.96 bits per heavy atom. The average molecular weight is 376 g/mol. The first-order chi connectivity index (χ1) is 13.6. The van der Waals surface area contributed by atoms with Crippen molar-refractivity contribution >= 4 is 17.9 Å². The molecule has 1 atom stereocenters. The second-order valence-electron chi connectivity index (χ2n) is 7.70. The number of likely N-dealkylation sites (tertiary alicyclic amines) is 1. The number of benzene rings is 2. The molecule has 2 N–H and O–H groups in total. The van der Waals surface area contributed by atoms with Gasteiger partial charge in [-0.2, -0.15) is 0 Å². The van der Waals surface area contributed by atoms with Crippen LogP contribution in [0.1, 0.15) is 39.9 Å². The molecule has 1 spiro atoms. The number of carbonyl (C=O) groups is 2. The molecule has 2 aromatic carbocycles. The van der Waals surface area contributed by atoms with Gasteiger partial charge in [-0.1, -0.05) is 48.6 Å². The number of fused-ring (bicyclic) bond motifs is 1. The second kappa shape index (κ2) is 7.60. The number of amides is 2. The van der Waals surface area contributed by atoms with E-state index in [0.29, 0.717) is 12.1 Å². The largest absolute Gasteiger partial charge is 0.338 e. The Bertz CT molecular complexity index is 923. The summed E-state index contributed by atoms with van der Waals surface area (Å²) in [5, 5.41) is 8.81. The van der Waals surface area contributed by atoms with Crippen LogP contribution in [-0.4, -0.2) is 35.0 Å². The average Bonchev–Trinajstić information content (AvgIpc) is 3.03. The number of rotatable bonds is 4. The van der Waals surface area contributed by atoms with Gasteiger partial charge in [0.15, 0.2) is 0 Å². The Morgan fingerprint density at radius 3 is 2.75 bits per heavy atom. The summed E-state index contributed by atoms with van der Waals surface area (Å²) in [7, 11) is 0. The first-order valence-corrected chi connectivity index (χ1v) is 9.68. The highest BCUT2D eigenvalue weighted by molar-refractivity contribution is 5.93. The van der Waals surface area contributed by atoms with Crippen LogP contribution in [0.2, 0.25) is 0 Å². The molecule has 2 amide bonds. The highest BCUT2D eigenvalue weighted by Crippen LogP contribution is 2.43. The predicted octanol–water partition coefficient (Wildman–Crippen LogP) is 3.23. The quantitative estimate of drug-likeness (QED) is 0.636. The van der Waals surface area contributed by atoms with Crippen molar-refractivity contribution in [3.8, 4) is 0 Å². The minimum absolute atomic E-state index is 0.244. The van der Waals surface area contributed by atoms with Crippen molar-refractivity contribution in [1.29, 1.82) is 0 Å². The van der Waals surface area contributed by atoms with Crippen LogP contribution in [-0.2, 0) is 17.6 Å². The summed E-state index contributed by atoms with van der Waals surface area (Å²) in [5.41, 5.74) is 5.18. The molecule has 2 aliphatic rings. The highest BCUT2D eigenvalue weighted by atomic mass is 16.5. The Kier molecular flexibility index (Phi) is 5.01. The summed E-state index contributed by atoms with van der Waals surface area (Å²) in [5.74, 6) is -0.260. The number of nitrogens with zero attached hydrogens (tertiary/aromatic N) is 1. The van der Waals surface area contributed by atoms with Gasteiger partial charge in [0, 0.05) is 18.7 Å². The summed E-state index contributed by atoms with van der Waals surface area (Å²) >= 11 is 0. The smallest absolute Gasteiger partial charge is 0.274 e. The Hall–Kier alpha value is -2.92. The summed E-state index contributed by atoms with van der Waals surface area (Å²) < 4.78 is 0. The van der Waals surface area contributed by atoms with E-state index >= 15 is 0 Å². The van der Waals surface area contributed by atoms with Gasteiger partial charge in [0.2, 0.25) is 5.91 Å². The van der Waals surface area contributed by atoms with Crippen molar-refractivity contribution in [3.63, 3.8) is 0 Å². The Balaban J connectivity index is 1.44. The van der Waals surface area contributed by atoms with Crippen molar-refractivity contribution in [2.45, 2.75) is 25.7 Å². The number of hydrogen-bond acceptors (Lipinski definition) is 3. The van der Waals surface area contributed by atoms with Gasteiger partial charge < -0.3 is 4.90 Å². The van der Waals surface area contributed by atoms with Gasteiger partial charge in [0.05, 0.1) is 5.41 Å². The molecule has 1 heterocycles. The van der Waals surface area contributed by atoms with E-state index < -0.39 is 5.91 Å². The van der Waals surface area contributed by atoms with Gasteiger partial charge in [-0.25, -0.2) is 5.48 Å². The van der Waals surface area contributed by atoms with E-state index in [1.165, 1.54) is 0 Å². The number of aryl methyl sites for hydroxylation is 1. The van der Waals surface area contributed by atoms with E-state index in [4.69, 9.17) is 5.21 Å². The molecule has 4 rings (SSSR count). The molecule has 0 radical (unpaired) electrons. The number of carbonyl (C=O) groups excluding carboxylic acids is 2. The van der Waals surface area contributed by atoms with E-state index in [0.717, 1.165) is 48.9 Å². The van der Waals surface area contributed by atoms with E-state index in [9.17, 15) is 9.59 Å². The van der Waals surface area contributed by atoms with Crippen molar-refractivity contribution in [2.24, 2.45) is 5.41 Å². The molecular weight excluding hydrogens is 352 g/mol. The number of hydroxylamine groups is 1. The fraction of sp³-hybridized carbons (Fsp3) is 0.304. The molecule has 0 aromatic heterocycles. The van der Waals surface area contributed by atoms with Gasteiger partial charge in [-0.15, -0.1) is 0 Å². The van der Waals surface area contributed by atoms with Gasteiger partial charge in [-0.3, -0.25) is 14.8 Å². The molecule has 1 aliphatic carbocycles. The third kappa shape index (κ3) is 3.45. The van der Waals surface area contributed by atoms with E-state index in [2.05, 4.69) is 12.2 Å². The zero-order chi connectivity index (χ0) is 19.6. The minimum Gasteiger partial charge on any atom is -0.338 e. The van der Waals surface area contributed by atoms with Gasteiger partial charge in [0.25, 0.3) is 5.91 Å². The standard InChI is InChI=1S/C23H24N2O3/c26-21(24-28)19-8-9-20-16-23(11-10-18(20)15-19)12-14-25(22(23)27)13-4-7-17-5-2-1-3-6-17/h1-9,15,28H,10-14,16H2,(H,24,26)/b7-4+/t23-/m0/s1. The monoisotopic (exact) mass is 376 g/mol. The predicted molar refractivity (Wildman–Crippen MR) is 107 cm³/mol. The van der Waals surface area contributed by atoms with Crippen molar-refractivity contribution in [1.82, 2.24) is 10.4 Å². The first-order valence-electron chi connectivity index (χ1n) is 9.68. The van der Waals surface area contributed by atoms with Gasteiger partial charge in [-0.05, 0) is 54.5 Å². The van der Waals surface area contributed by atoms with Gasteiger partial charge >= 0.3 is 0 Å². The van der Waals surface area contributed by atoms with Crippen molar-refractivity contribution < 1.29 is 14.8 Å². The van der Waals surface area contributed by atoms with E-state index in [-0.39, 0.29) is 11.3 Å². The summed E-state index contributed by atoms with van der Waals surface area (Å²) in [6, 6.07) is 15.6. The Morgan fingerprint density at radius 1 is 1.14 bits per heavy atom. The number of nitrogens with one attached hydrogen (secondary N) is 1. The fourth-order valence-corrected chi connectivity index (χ4v) is 4.41. The third-order valence-corrected chi connectivity index (χ3v) is 6.01. The van der Waals surface area contributed by atoms with E-state index in [1.807, 2.05) is 47.4 Å². The fourth-order valence-electron chi connectivity index (χ4n) is 4.41. The van der Waals surface area contributed by atoms with Crippen LogP contribution in [0.15, 0.2) is 54.6 Å². The van der Waals surface area contributed by atoms with Crippen LogP contribution in [0.25, 0.3) is 6.08 Å². The molecule has 5 nitrogen and oxygen atoms in total. The lowest BCUT2D eigenvalue weighted by Crippen LogP contribution is -2.38. The van der Waals surface area contributed by atoms with Crippen LogP contribution in [0.4, 0.5) is 0 Å². The van der Waals surface area contributed by atoms with Crippen LogP contribution < -0.4 is 5.48 Å². The molecule has 1 saturated heterocycles. The van der Waals surface area contributed by atoms with Crippen LogP contribution in [0.3, 0.4) is 0 Å². The maximum absolute atomic E-state index is 13.2. The topological polar surface area (TPSA) is 69.6 Å². The van der Waals surface area contributed by atoms with Crippen LogP contribution in [0.5, 0.6) is 0 Å². The molecule has 0 bridgehead atoms. The molecule has 28 heavy (non-hydrogen) atoms. The zero-order valence-corrected chi connectivity index (χ0v) is 15.7. The molecular formula is C23H24N2O3. The van der Waals surface area contributed by atoms with Gasteiger partial charge in [0.1, 0.15) is 0 Å². The van der Waals surface area contributed by atoms with Crippen LogP contribution in [0, 0.1) is 5.41 Å². The van der Waals surface area contributed by atoms with E-state index in [1.54, 1.807) is 11.5 Å². The lowest BCUT2D eigenvalue weighted by atomic mass is 9.70. The normalized spacial score (nSPS) is 21.3. The number of hydrogen-bond donors (Lipinski definition) is 2. The zero-order valence-electron chi connectivity index (χ0n) is 15.7. The van der Waals surface area contributed by atoms with Crippen LogP contribution >= 0.6 is 0 Å². The lowest BCUT2D eigenvalue weighted by molar-refractivity contribution is -0.136. The molecule has 1 fully saturated rings. The SMILES string of the molecule is O=C(NO)c1ccc2c(c1)CC[C@]1(CCN(C/C=C/c3ccccc3)C1=O)C2. The Labute approximate surface area is 164 Å². The minimum atomic E-state index is -0.503. The molecule has 5 heteroatoms. The van der Waals surface area contributed by atoms with Crippen molar-refractivity contribution in [3.05, 3.63) is 76.9 Å². The molecule has 0 saturated carbocycles. The maximum atomic E-state index is 13.2. The summed E-state index contributed by atoms with van der Waals surface area (Å²) in [6.07, 6.45) is 7.30. The molecule has 0 unspecified atom stereocenters. The summed E-state index contributed by atoms with van der Waals surface area (Å²) in [4.78, 5) is 26.7. The maximum Gasteiger partial charge on any atom is 0.274 e. The second-order valence-corrected chi connectivity index (χ2v) is 7.70. The molecule has 144 valence electrons. The summed E-state index contributed by atoms with van der Waals surface area (Å²) in [6.45, 7) is 1.43. The third-order valence-electron chi connectivity index (χ3n) is 6.01. The highest BCUT2D eigenvalue weighted by Gasteiger charge is 2.47.